The van der Waals surface area contributed by atoms with Crippen molar-refractivity contribution in [3.05, 3.63) is 451 Å². The lowest BCUT2D eigenvalue weighted by molar-refractivity contribution is -0.634. The normalized spacial score (nSPS) is 13.0. The maximum atomic E-state index is 8.27. The summed E-state index contributed by atoms with van der Waals surface area (Å²) in [6.45, 7) is 1.38. The van der Waals surface area contributed by atoms with Crippen LogP contribution in [0.5, 0.6) is 0 Å². The first-order chi connectivity index (χ1) is 72.8. The maximum Gasteiger partial charge on any atom is 0.295 e. The van der Waals surface area contributed by atoms with Gasteiger partial charge in [-0.1, -0.05) is 218 Å². The van der Waals surface area contributed by atoms with Gasteiger partial charge < -0.3 is 0 Å². The van der Waals surface area contributed by atoms with Crippen molar-refractivity contribution in [1.29, 1.82) is 0 Å². The maximum absolute atomic E-state index is 8.27. The van der Waals surface area contributed by atoms with Gasteiger partial charge in [0.1, 0.15) is 28.1 Å². The van der Waals surface area contributed by atoms with E-state index in [1.165, 1.54) is 22.2 Å². The van der Waals surface area contributed by atoms with Crippen molar-refractivity contribution >= 4 is 109 Å². The van der Waals surface area contributed by atoms with Gasteiger partial charge >= 0.3 is 0 Å². The van der Waals surface area contributed by atoms with Gasteiger partial charge in [0.25, 0.3) is 29.1 Å². The lowest BCUT2D eigenvalue weighted by Crippen LogP contribution is -2.30. The van der Waals surface area contributed by atoms with Gasteiger partial charge in [-0.25, -0.2) is 22.8 Å². The van der Waals surface area contributed by atoms with Gasteiger partial charge in [0.15, 0.2) is 66.5 Å². The predicted molar refractivity (Wildman–Crippen MR) is 569 cm³/mol. The first-order valence-electron chi connectivity index (χ1n) is 52.4. The van der Waals surface area contributed by atoms with Crippen molar-refractivity contribution in [3.63, 3.8) is 0 Å². The van der Waals surface area contributed by atoms with Crippen molar-refractivity contribution in [3.8, 4) is 85.4 Å². The van der Waals surface area contributed by atoms with Crippen LogP contribution in [0, 0.1) is 62.0 Å². The number of fused-ring (bicyclic) bond motifs is 10. The summed E-state index contributed by atoms with van der Waals surface area (Å²) in [5, 5.41) is 6.39. The summed E-state index contributed by atoms with van der Waals surface area (Å²) in [4.78, 5) is 22.4. The average Bonchev–Trinajstić information content (AvgIpc) is 1.61. The van der Waals surface area contributed by atoms with Crippen LogP contribution in [0.15, 0.2) is 401 Å². The van der Waals surface area contributed by atoms with Crippen LogP contribution in [-0.2, 0) is 35.2 Å². The van der Waals surface area contributed by atoms with E-state index in [1.807, 2.05) is 216 Å². The van der Waals surface area contributed by atoms with E-state index in [0.29, 0.717) is 45.0 Å². The van der Waals surface area contributed by atoms with E-state index in [-0.39, 0.29) is 5.56 Å². The van der Waals surface area contributed by atoms with Crippen molar-refractivity contribution < 1.29 is 39.3 Å². The lowest BCUT2D eigenvalue weighted by atomic mass is 10.0. The zero-order chi connectivity index (χ0) is 105. The molecule has 15 aromatic carbocycles. The fraction of sp³-hybridized carbons (Fsp3) is 0.113. The number of benzene rings is 15. The molecule has 0 radical (unpaired) electrons. The summed E-state index contributed by atoms with van der Waals surface area (Å²) >= 11 is 0. The molecule has 0 aliphatic carbocycles. The SMILES string of the molecule is Cc1ccccc1-c1n(-c2cccc3cccnc23)c2ccccc2[n+]1C.[2H]C([2H])([2H])c1ccc2cccnc2c1-n1c(-c2ccccc2C)[n+](C)c2ccccc21.[2H]C([2H])([2H])c1ccc2ccncc2c1-n1c(-c2ccccc2C)[n+](C)c2ccccc21.[2H]C([2H])([2H])c1ccc2cnccc2c1-n1c(-c2ccccc2C)[n+](C)c2ccccc21.[2H]C([2H])([2H])c1ccc2ncccc2c1-n1c(-c2ccccc2C)[n+](C)c2ccccc21. The van der Waals surface area contributed by atoms with Crippen LogP contribution in [0.2, 0.25) is 0 Å². The molecule has 0 aliphatic heterocycles. The Morgan fingerprint density at radius 3 is 0.971 bits per heavy atom. The smallest absolute Gasteiger partial charge is 0.264 e. The van der Waals surface area contributed by atoms with E-state index >= 15 is 0 Å². The highest BCUT2D eigenvalue weighted by molar-refractivity contribution is 5.99. The van der Waals surface area contributed by atoms with Crippen molar-refractivity contribution in [1.82, 2.24) is 47.8 Å². The molecule has 10 aromatic heterocycles. The fourth-order valence-electron chi connectivity index (χ4n) is 20.1. The van der Waals surface area contributed by atoms with Gasteiger partial charge in [-0.2, -0.15) is 22.8 Å². The van der Waals surface area contributed by atoms with E-state index in [2.05, 4.69) is 253 Å². The Hall–Kier alpha value is -17.3. The number of rotatable bonds is 10. The Balaban J connectivity index is 0.000000110. The third kappa shape index (κ3) is 15.6. The van der Waals surface area contributed by atoms with Crippen molar-refractivity contribution in [2.24, 2.45) is 35.2 Å². The van der Waals surface area contributed by atoms with Crippen LogP contribution >= 0.6 is 0 Å². The number of para-hydroxylation sites is 11. The number of pyridine rings is 5. The molecule has 10 heterocycles. The zero-order valence-electron chi connectivity index (χ0n) is 90.8. The third-order valence-corrected chi connectivity index (χ3v) is 26.8. The Bertz CT molecular complexity index is 8740. The van der Waals surface area contributed by atoms with Crippen LogP contribution in [-0.4, -0.2) is 47.8 Å². The first-order valence-corrected chi connectivity index (χ1v) is 46.4. The second-order valence-corrected chi connectivity index (χ2v) is 35.1. The molecule has 0 atom stereocenters. The zero-order valence-corrected chi connectivity index (χ0v) is 78.8. The fourth-order valence-corrected chi connectivity index (χ4v) is 20.1. The molecule has 0 fully saturated rings. The molecule has 0 saturated carbocycles. The van der Waals surface area contributed by atoms with Crippen LogP contribution in [0.4, 0.5) is 0 Å². The van der Waals surface area contributed by atoms with E-state index in [1.54, 1.807) is 67.5 Å². The second kappa shape index (κ2) is 37.2. The monoisotopic (exact) mass is 1820 g/mol. The molecule has 25 aromatic rings. The quantitative estimate of drug-likeness (QED) is 0.127. The summed E-state index contributed by atoms with van der Waals surface area (Å²) in [7, 11) is 10.2. The van der Waals surface area contributed by atoms with Crippen molar-refractivity contribution in [2.45, 2.75) is 62.0 Å². The van der Waals surface area contributed by atoms with Gasteiger partial charge in [-0.15, -0.1) is 0 Å². The largest absolute Gasteiger partial charge is 0.295 e. The molecule has 0 saturated heterocycles. The van der Waals surface area contributed by atoms with E-state index < -0.39 is 27.4 Å². The number of aromatic nitrogens is 15. The highest BCUT2D eigenvalue weighted by atomic mass is 15.2. The molecule has 674 valence electrons. The number of hydrogen-bond acceptors (Lipinski definition) is 5. The standard InChI is InChI=1S/4C25H22N3.C24H20N3/c1-17-9-4-5-11-20(17)25-27(3)21-12-6-7-13-22(21)28(25)24-18(2)14-15-19-10-8-16-26-23(19)24;1-17-9-4-5-10-19(17)25-27(3)22-12-6-7-13-23(22)28(25)24-18(2)14-15-21-20(24)11-8-16-26-21;1-17-8-4-5-9-20(17)25-27(3)22-10-6-7-11-23(22)28(25)24-18(2)12-13-19-16-26-15-14-21(19)24;1-17-8-4-5-9-20(17)25-27(3)22-10-6-7-11-23(22)28(25)24-18(2)12-13-19-14-15-26-16-21(19)24;1-17-9-3-4-12-19(17)24-26(2)20-13-5-6-14-21(20)27(24)22-15-7-10-18-11-8-16-25-23(18)22/h4*4-16H,1-3H3;3-16H,1-2H3/q5*+1/i4*2D3;. The predicted octanol–water partition coefficient (Wildman–Crippen LogP) is 26.1. The van der Waals surface area contributed by atoms with E-state index in [4.69, 9.17) is 21.4 Å². The summed E-state index contributed by atoms with van der Waals surface area (Å²) in [6, 6.07) is 118. The van der Waals surface area contributed by atoms with E-state index in [9.17, 15) is 0 Å². The number of nitrogens with zero attached hydrogens (tertiary/aromatic N) is 15. The Labute approximate surface area is 825 Å². The van der Waals surface area contributed by atoms with Gasteiger partial charge in [0.05, 0.1) is 68.6 Å². The van der Waals surface area contributed by atoms with Crippen LogP contribution in [0.25, 0.3) is 195 Å². The minimum absolute atomic E-state index is 0.287. The molecule has 15 heteroatoms. The second-order valence-electron chi connectivity index (χ2n) is 35.1. The Morgan fingerprint density at radius 2 is 0.532 bits per heavy atom. The first kappa shape index (κ1) is 75.1. The minimum atomic E-state index is -2.28. The molecular weight excluding hydrogens is 1700 g/mol. The molecule has 0 N–H and O–H groups in total. The van der Waals surface area contributed by atoms with Gasteiger partial charge in [-0.05, 0) is 257 Å². The summed E-state index contributed by atoms with van der Waals surface area (Å²) in [5.41, 5.74) is 28.8. The van der Waals surface area contributed by atoms with Gasteiger partial charge in [0, 0.05) is 92.1 Å². The highest BCUT2D eigenvalue weighted by Crippen LogP contribution is 2.42. The highest BCUT2D eigenvalue weighted by Gasteiger charge is 2.36. The third-order valence-electron chi connectivity index (χ3n) is 26.8. The summed E-state index contributed by atoms with van der Waals surface area (Å²) < 4.78 is 121. The summed E-state index contributed by atoms with van der Waals surface area (Å²) in [6.07, 6.45) is 12.3. The average molecular weight is 1820 g/mol. The molecule has 0 spiro atoms. The molecule has 15 nitrogen and oxygen atoms in total. The molecule has 139 heavy (non-hydrogen) atoms. The van der Waals surface area contributed by atoms with Crippen LogP contribution in [0.1, 0.15) is 66.5 Å². The van der Waals surface area contributed by atoms with Gasteiger partial charge in [-0.3, -0.25) is 24.9 Å². The Kier molecular flexibility index (Phi) is 20.1. The minimum Gasteiger partial charge on any atom is -0.264 e. The Morgan fingerprint density at radius 1 is 0.216 bits per heavy atom. The van der Waals surface area contributed by atoms with Gasteiger partial charge in [0.2, 0.25) is 0 Å². The molecular formula is C124H108N15+5. The number of aryl methyl sites for hydroxylation is 14. The molecule has 25 rings (SSSR count). The number of imidazole rings is 5. The van der Waals surface area contributed by atoms with Crippen molar-refractivity contribution in [2.75, 3.05) is 0 Å². The van der Waals surface area contributed by atoms with Crippen LogP contribution < -0.4 is 22.8 Å². The molecule has 0 aliphatic rings. The number of hydrogen-bond donors (Lipinski definition) is 0. The molecule has 0 unspecified atom stereocenters. The topological polar surface area (TPSA) is 108 Å². The molecule has 0 amide bonds. The van der Waals surface area contributed by atoms with E-state index in [0.717, 1.165) is 172 Å². The summed E-state index contributed by atoms with van der Waals surface area (Å²) in [5.74, 6) is 4.88. The molecule has 0 bridgehead atoms. The lowest BCUT2D eigenvalue weighted by Gasteiger charge is -2.11. The van der Waals surface area contributed by atoms with Crippen LogP contribution in [0.3, 0.4) is 0 Å².